The topological polar surface area (TPSA) is 26.3 Å². The summed E-state index contributed by atoms with van der Waals surface area (Å²) in [5.74, 6) is 0.346. The Hall–Kier alpha value is -1.57. The molecule has 0 radical (unpaired) electrons. The van der Waals surface area contributed by atoms with Crippen molar-refractivity contribution in [2.75, 3.05) is 0 Å². The molecule has 90 valence electrons. The van der Waals surface area contributed by atoms with Gasteiger partial charge in [-0.1, -0.05) is 44.2 Å². The normalized spacial score (nSPS) is 26.1. The maximum absolute atomic E-state index is 11.9. The summed E-state index contributed by atoms with van der Waals surface area (Å²) in [7, 11) is 0. The van der Waals surface area contributed by atoms with Crippen molar-refractivity contribution in [1.29, 1.82) is 0 Å². The van der Waals surface area contributed by atoms with Crippen LogP contribution >= 0.6 is 0 Å². The van der Waals surface area contributed by atoms with Crippen molar-refractivity contribution < 1.29 is 9.53 Å². The highest BCUT2D eigenvalue weighted by molar-refractivity contribution is 5.97. The Bertz CT molecular complexity index is 433. The first-order chi connectivity index (χ1) is 8.11. The second kappa shape index (κ2) is 4.74. The largest absolute Gasteiger partial charge is 0.496 e. The molecule has 1 aromatic carbocycles. The molecule has 0 saturated heterocycles. The lowest BCUT2D eigenvalue weighted by Gasteiger charge is -2.32. The minimum absolute atomic E-state index is 0.0615. The van der Waals surface area contributed by atoms with E-state index in [4.69, 9.17) is 4.74 Å². The summed E-state index contributed by atoms with van der Waals surface area (Å²) in [4.78, 5) is 11.9. The highest BCUT2D eigenvalue weighted by Crippen LogP contribution is 2.31. The fourth-order valence-corrected chi connectivity index (χ4v) is 2.36. The summed E-state index contributed by atoms with van der Waals surface area (Å²) in [6.07, 6.45) is 1.54. The Morgan fingerprint density at radius 3 is 2.53 bits per heavy atom. The molecule has 0 bridgehead atoms. The molecule has 0 aliphatic carbocycles. The minimum atomic E-state index is -0.0739. The van der Waals surface area contributed by atoms with Gasteiger partial charge in [0.2, 0.25) is 0 Å². The average Bonchev–Trinajstić information content (AvgIpc) is 2.36. The predicted octanol–water partition coefficient (Wildman–Crippen LogP) is 3.30. The third kappa shape index (κ3) is 2.26. The molecule has 0 N–H and O–H groups in total. The molecule has 1 aromatic rings. The van der Waals surface area contributed by atoms with E-state index in [0.717, 1.165) is 0 Å². The number of hydrogen-bond acceptors (Lipinski definition) is 2. The number of ether oxygens (including phenoxy) is 1. The van der Waals surface area contributed by atoms with E-state index >= 15 is 0 Å². The van der Waals surface area contributed by atoms with E-state index in [-0.39, 0.29) is 23.7 Å². The zero-order chi connectivity index (χ0) is 12.4. The monoisotopic (exact) mass is 230 g/mol. The highest BCUT2D eigenvalue weighted by atomic mass is 16.5. The molecule has 0 spiro atoms. The second-order valence-corrected chi connectivity index (χ2v) is 4.75. The van der Waals surface area contributed by atoms with Crippen LogP contribution in [0.1, 0.15) is 32.3 Å². The highest BCUT2D eigenvalue weighted by Gasteiger charge is 2.34. The fourth-order valence-electron chi connectivity index (χ4n) is 2.36. The summed E-state index contributed by atoms with van der Waals surface area (Å²) in [5.41, 5.74) is 1.93. The molecular weight excluding hydrogens is 212 g/mol. The summed E-state index contributed by atoms with van der Waals surface area (Å²) < 4.78 is 5.71. The molecule has 2 rings (SSSR count). The summed E-state index contributed by atoms with van der Waals surface area (Å²) in [6.45, 7) is 5.86. The number of benzene rings is 1. The number of carbonyl (C=O) groups is 1. The number of Topliss-reactive ketones (excluding diaryl/α,β-unsaturated/α-hetero) is 1. The summed E-state index contributed by atoms with van der Waals surface area (Å²) >= 11 is 0. The summed E-state index contributed by atoms with van der Waals surface area (Å²) in [6, 6.07) is 10.2. The van der Waals surface area contributed by atoms with Gasteiger partial charge in [-0.15, -0.1) is 0 Å². The van der Waals surface area contributed by atoms with Crippen molar-refractivity contribution in [2.45, 2.75) is 32.8 Å². The van der Waals surface area contributed by atoms with Crippen LogP contribution in [0.5, 0.6) is 0 Å². The van der Waals surface area contributed by atoms with Crippen LogP contribution in [0.3, 0.4) is 0 Å². The Labute approximate surface area is 102 Å². The first kappa shape index (κ1) is 11.9. The third-order valence-electron chi connectivity index (χ3n) is 3.52. The molecule has 0 fully saturated rings. The number of hydrogen-bond donors (Lipinski definition) is 0. The van der Waals surface area contributed by atoms with Crippen LogP contribution in [0, 0.1) is 5.92 Å². The standard InChI is InChI=1S/C15H18O2/c1-10-9-17-15(12(3)14(10)16)11(2)13-7-5-4-6-8-13/h4-9,11-12,15H,1-3H3. The lowest BCUT2D eigenvalue weighted by molar-refractivity contribution is -0.124. The first-order valence-electron chi connectivity index (χ1n) is 6.02. The molecule has 3 unspecified atom stereocenters. The molecule has 0 aromatic heterocycles. The van der Waals surface area contributed by atoms with E-state index in [1.54, 1.807) is 6.26 Å². The molecule has 2 heteroatoms. The Balaban J connectivity index is 2.22. The van der Waals surface area contributed by atoms with Gasteiger partial charge in [-0.3, -0.25) is 4.79 Å². The van der Waals surface area contributed by atoms with Crippen molar-refractivity contribution >= 4 is 5.78 Å². The Morgan fingerprint density at radius 1 is 1.24 bits per heavy atom. The summed E-state index contributed by atoms with van der Waals surface area (Å²) in [5, 5.41) is 0. The Kier molecular flexibility index (Phi) is 3.32. The Morgan fingerprint density at radius 2 is 1.88 bits per heavy atom. The van der Waals surface area contributed by atoms with Gasteiger partial charge in [0, 0.05) is 11.5 Å². The van der Waals surface area contributed by atoms with Crippen molar-refractivity contribution in [3.8, 4) is 0 Å². The van der Waals surface area contributed by atoms with Crippen LogP contribution < -0.4 is 0 Å². The molecule has 17 heavy (non-hydrogen) atoms. The smallest absolute Gasteiger partial charge is 0.168 e. The zero-order valence-corrected chi connectivity index (χ0v) is 10.5. The van der Waals surface area contributed by atoms with E-state index in [9.17, 15) is 4.79 Å². The first-order valence-corrected chi connectivity index (χ1v) is 6.02. The minimum Gasteiger partial charge on any atom is -0.496 e. The number of rotatable bonds is 2. The third-order valence-corrected chi connectivity index (χ3v) is 3.52. The average molecular weight is 230 g/mol. The number of allylic oxidation sites excluding steroid dienone is 1. The van der Waals surface area contributed by atoms with E-state index < -0.39 is 0 Å². The molecular formula is C15H18O2. The molecule has 1 aliphatic rings. The van der Waals surface area contributed by atoms with Crippen molar-refractivity contribution in [2.24, 2.45) is 5.92 Å². The van der Waals surface area contributed by atoms with Crippen LogP contribution in [0.25, 0.3) is 0 Å². The van der Waals surface area contributed by atoms with Gasteiger partial charge in [0.25, 0.3) is 0 Å². The van der Waals surface area contributed by atoms with Crippen LogP contribution in [-0.4, -0.2) is 11.9 Å². The molecule has 0 saturated carbocycles. The van der Waals surface area contributed by atoms with Crippen molar-refractivity contribution in [3.05, 3.63) is 47.7 Å². The van der Waals surface area contributed by atoms with E-state index in [1.807, 2.05) is 32.0 Å². The predicted molar refractivity (Wildman–Crippen MR) is 67.7 cm³/mol. The van der Waals surface area contributed by atoms with Gasteiger partial charge in [-0.25, -0.2) is 0 Å². The molecule has 0 amide bonds. The second-order valence-electron chi connectivity index (χ2n) is 4.75. The maximum atomic E-state index is 11.9. The van der Waals surface area contributed by atoms with Crippen molar-refractivity contribution in [1.82, 2.24) is 0 Å². The van der Waals surface area contributed by atoms with Gasteiger partial charge < -0.3 is 4.74 Å². The number of ketones is 1. The zero-order valence-electron chi connectivity index (χ0n) is 10.5. The lowest BCUT2D eigenvalue weighted by atomic mass is 9.83. The fraction of sp³-hybridized carbons (Fsp3) is 0.400. The van der Waals surface area contributed by atoms with Crippen LogP contribution in [-0.2, 0) is 9.53 Å². The van der Waals surface area contributed by atoms with Crippen LogP contribution in [0.2, 0.25) is 0 Å². The van der Waals surface area contributed by atoms with E-state index in [1.165, 1.54) is 5.56 Å². The van der Waals surface area contributed by atoms with Crippen LogP contribution in [0.4, 0.5) is 0 Å². The quantitative estimate of drug-likeness (QED) is 0.779. The van der Waals surface area contributed by atoms with Gasteiger partial charge in [0.05, 0.1) is 12.2 Å². The number of carbonyl (C=O) groups excluding carboxylic acids is 1. The van der Waals surface area contributed by atoms with Gasteiger partial charge in [-0.2, -0.15) is 0 Å². The van der Waals surface area contributed by atoms with Crippen molar-refractivity contribution in [3.63, 3.8) is 0 Å². The van der Waals surface area contributed by atoms with E-state index in [0.29, 0.717) is 5.57 Å². The van der Waals surface area contributed by atoms with Gasteiger partial charge in [0.1, 0.15) is 6.10 Å². The van der Waals surface area contributed by atoms with Crippen LogP contribution in [0.15, 0.2) is 42.2 Å². The van der Waals surface area contributed by atoms with Gasteiger partial charge in [-0.05, 0) is 12.5 Å². The lowest BCUT2D eigenvalue weighted by Crippen LogP contribution is -2.35. The van der Waals surface area contributed by atoms with E-state index in [2.05, 4.69) is 19.1 Å². The molecule has 2 nitrogen and oxygen atoms in total. The molecule has 1 aliphatic heterocycles. The molecule has 3 atom stereocenters. The maximum Gasteiger partial charge on any atom is 0.168 e. The molecule has 1 heterocycles. The van der Waals surface area contributed by atoms with Gasteiger partial charge in [0.15, 0.2) is 5.78 Å². The SMILES string of the molecule is CC1=COC(C(C)c2ccccc2)C(C)C1=O. The van der Waals surface area contributed by atoms with Gasteiger partial charge >= 0.3 is 0 Å².